The molecule has 0 radical (unpaired) electrons. The minimum Gasteiger partial charge on any atom is -0.543 e. The topological polar surface area (TPSA) is 115 Å². The number of oxime groups is 1. The molecule has 1 saturated heterocycles. The standard InChI is InChI=1S/C17H17N3O5.Na/c1-8(21)14-12-5-10(15(17(23)24)20(12)16(14)22)13-6-11(19-25-13)9-3-2-4-18-7-9;/h2-4,7-8,12-14,21H,5-6H2,1H3,(H,23,24);/q;+1/p-1/t8-,12-,13+,14-;/m1./s1. The second kappa shape index (κ2) is 7.11. The van der Waals surface area contributed by atoms with Crippen LogP contribution >= 0.6 is 0 Å². The first kappa shape index (κ1) is 19.0. The molecule has 1 fully saturated rings. The molecule has 0 aromatic carbocycles. The van der Waals surface area contributed by atoms with Crippen molar-refractivity contribution < 1.29 is 54.2 Å². The van der Waals surface area contributed by atoms with Gasteiger partial charge in [0.2, 0.25) is 5.91 Å². The summed E-state index contributed by atoms with van der Waals surface area (Å²) in [6.07, 6.45) is 2.65. The molecule has 1 aromatic heterocycles. The second-order valence-electron chi connectivity index (χ2n) is 6.49. The summed E-state index contributed by atoms with van der Waals surface area (Å²) in [5, 5.41) is 25.4. The van der Waals surface area contributed by atoms with Crippen LogP contribution in [-0.4, -0.2) is 50.8 Å². The van der Waals surface area contributed by atoms with E-state index in [0.717, 1.165) is 5.56 Å². The number of nitrogens with zero attached hydrogens (tertiary/aromatic N) is 3. The van der Waals surface area contributed by atoms with Gasteiger partial charge in [-0.25, -0.2) is 0 Å². The van der Waals surface area contributed by atoms with Crippen molar-refractivity contribution >= 4 is 17.6 Å². The number of carboxylic acids is 1. The Labute approximate surface area is 171 Å². The SMILES string of the molecule is C[C@@H](O)[C@H]1C(=O)N2C(C(=O)[O-])=C([C@@H]3CC(c4cccnc4)=NO3)C[C@H]12.[Na+]. The Balaban J connectivity index is 0.00000196. The summed E-state index contributed by atoms with van der Waals surface area (Å²) in [5.41, 5.74) is 1.83. The zero-order chi connectivity index (χ0) is 17.7. The molecule has 9 heteroatoms. The Morgan fingerprint density at radius 1 is 1.46 bits per heavy atom. The summed E-state index contributed by atoms with van der Waals surface area (Å²) in [5.74, 6) is -2.39. The summed E-state index contributed by atoms with van der Waals surface area (Å²) in [6.45, 7) is 1.53. The Morgan fingerprint density at radius 2 is 2.23 bits per heavy atom. The fourth-order valence-corrected chi connectivity index (χ4v) is 3.85. The van der Waals surface area contributed by atoms with Crippen LogP contribution in [0.4, 0.5) is 0 Å². The van der Waals surface area contributed by atoms with Crippen molar-refractivity contribution in [1.29, 1.82) is 0 Å². The van der Waals surface area contributed by atoms with Crippen LogP contribution in [0.1, 0.15) is 25.3 Å². The van der Waals surface area contributed by atoms with E-state index < -0.39 is 24.1 Å². The minimum atomic E-state index is -1.41. The van der Waals surface area contributed by atoms with Crippen LogP contribution in [-0.2, 0) is 14.4 Å². The number of hydrogen-bond donors (Lipinski definition) is 1. The van der Waals surface area contributed by atoms with Crippen molar-refractivity contribution in [2.75, 3.05) is 0 Å². The fraction of sp³-hybridized carbons (Fsp3) is 0.412. The summed E-state index contributed by atoms with van der Waals surface area (Å²) in [7, 11) is 0. The predicted octanol–water partition coefficient (Wildman–Crippen LogP) is -3.81. The Hall–Kier alpha value is -1.74. The number of β-lactam (4-membered cyclic amide) rings is 1. The molecule has 0 bridgehead atoms. The summed E-state index contributed by atoms with van der Waals surface area (Å²) in [6, 6.07) is 3.27. The van der Waals surface area contributed by atoms with Gasteiger partial charge in [-0.3, -0.25) is 9.78 Å². The van der Waals surface area contributed by atoms with Gasteiger partial charge in [0.15, 0.2) is 6.10 Å². The predicted molar refractivity (Wildman–Crippen MR) is 82.7 cm³/mol. The molecule has 4 atom stereocenters. The molecule has 4 rings (SSSR count). The van der Waals surface area contributed by atoms with Crippen molar-refractivity contribution in [2.24, 2.45) is 11.1 Å². The molecule has 4 heterocycles. The third-order valence-corrected chi connectivity index (χ3v) is 5.01. The molecule has 8 nitrogen and oxygen atoms in total. The number of hydrogen-bond acceptors (Lipinski definition) is 7. The van der Waals surface area contributed by atoms with Crippen LogP contribution in [0.15, 0.2) is 41.0 Å². The number of aromatic nitrogens is 1. The number of aliphatic hydroxyl groups is 1. The number of aliphatic carboxylic acids is 1. The molecule has 3 aliphatic rings. The Bertz CT molecular complexity index is 808. The number of carbonyl (C=O) groups excluding carboxylic acids is 2. The smallest absolute Gasteiger partial charge is 0.543 e. The van der Waals surface area contributed by atoms with Crippen LogP contribution < -0.4 is 34.7 Å². The van der Waals surface area contributed by atoms with Gasteiger partial charge in [-0.1, -0.05) is 5.16 Å². The molecular formula is C17H16N3NaO5. The third-order valence-electron chi connectivity index (χ3n) is 5.01. The van der Waals surface area contributed by atoms with Crippen molar-refractivity contribution in [3.63, 3.8) is 0 Å². The van der Waals surface area contributed by atoms with Crippen LogP contribution in [0, 0.1) is 5.92 Å². The maximum absolute atomic E-state index is 12.2. The van der Waals surface area contributed by atoms with Crippen molar-refractivity contribution in [3.05, 3.63) is 41.4 Å². The number of carboxylic acid groups (broad SMARTS) is 1. The molecule has 0 aliphatic carbocycles. The van der Waals surface area contributed by atoms with Gasteiger partial charge in [0.1, 0.15) is 0 Å². The first-order valence-electron chi connectivity index (χ1n) is 8.07. The van der Waals surface area contributed by atoms with Crippen LogP contribution in [0.3, 0.4) is 0 Å². The van der Waals surface area contributed by atoms with Gasteiger partial charge >= 0.3 is 29.6 Å². The maximum Gasteiger partial charge on any atom is 1.00 e. The van der Waals surface area contributed by atoms with E-state index in [1.165, 1.54) is 11.8 Å². The molecule has 26 heavy (non-hydrogen) atoms. The quantitative estimate of drug-likeness (QED) is 0.432. The van der Waals surface area contributed by atoms with Gasteiger partial charge in [-0.15, -0.1) is 0 Å². The number of pyridine rings is 1. The van der Waals surface area contributed by atoms with E-state index in [1.807, 2.05) is 6.07 Å². The van der Waals surface area contributed by atoms with Crippen LogP contribution in [0.2, 0.25) is 0 Å². The van der Waals surface area contributed by atoms with E-state index in [1.54, 1.807) is 18.5 Å². The summed E-state index contributed by atoms with van der Waals surface area (Å²) >= 11 is 0. The number of rotatable bonds is 4. The van der Waals surface area contributed by atoms with Crippen molar-refractivity contribution in [3.8, 4) is 0 Å². The number of aliphatic hydroxyl groups excluding tert-OH is 1. The summed E-state index contributed by atoms with van der Waals surface area (Å²) in [4.78, 5) is 34.5. The van der Waals surface area contributed by atoms with E-state index in [-0.39, 0.29) is 47.2 Å². The van der Waals surface area contributed by atoms with Gasteiger partial charge in [-0.05, 0) is 25.5 Å². The van der Waals surface area contributed by atoms with E-state index >= 15 is 0 Å². The van der Waals surface area contributed by atoms with Gasteiger partial charge in [-0.2, -0.15) is 0 Å². The molecule has 3 aliphatic heterocycles. The Kier molecular flexibility index (Phi) is 5.21. The largest absolute Gasteiger partial charge is 1.00 e. The monoisotopic (exact) mass is 365 g/mol. The average molecular weight is 365 g/mol. The summed E-state index contributed by atoms with van der Waals surface area (Å²) < 4.78 is 0. The number of amides is 1. The average Bonchev–Trinajstić information content (AvgIpc) is 3.17. The molecule has 0 saturated carbocycles. The first-order chi connectivity index (χ1) is 12.0. The van der Waals surface area contributed by atoms with Crippen molar-refractivity contribution in [1.82, 2.24) is 9.88 Å². The van der Waals surface area contributed by atoms with E-state index in [0.29, 0.717) is 24.1 Å². The zero-order valence-electron chi connectivity index (χ0n) is 14.5. The minimum absolute atomic E-state index is 0. The normalized spacial score (nSPS) is 27.9. The van der Waals surface area contributed by atoms with E-state index in [9.17, 15) is 19.8 Å². The third kappa shape index (κ3) is 2.87. The van der Waals surface area contributed by atoms with Crippen LogP contribution in [0.25, 0.3) is 0 Å². The molecule has 1 aromatic rings. The van der Waals surface area contributed by atoms with Gasteiger partial charge < -0.3 is 24.7 Å². The molecular weight excluding hydrogens is 349 g/mol. The molecule has 130 valence electrons. The molecule has 0 spiro atoms. The molecule has 1 amide bonds. The fourth-order valence-electron chi connectivity index (χ4n) is 3.85. The van der Waals surface area contributed by atoms with Crippen molar-refractivity contribution in [2.45, 2.75) is 38.0 Å². The molecule has 1 N–H and O–H groups in total. The maximum atomic E-state index is 12.2. The number of carbonyl (C=O) groups is 2. The second-order valence-corrected chi connectivity index (χ2v) is 6.49. The zero-order valence-corrected chi connectivity index (χ0v) is 16.5. The number of fused-ring (bicyclic) bond motifs is 1. The molecule has 0 unspecified atom stereocenters. The first-order valence-corrected chi connectivity index (χ1v) is 8.07. The van der Waals surface area contributed by atoms with Crippen LogP contribution in [0.5, 0.6) is 0 Å². The Morgan fingerprint density at radius 3 is 2.85 bits per heavy atom. The van der Waals surface area contributed by atoms with Gasteiger partial charge in [0.05, 0.1) is 35.4 Å². The van der Waals surface area contributed by atoms with Gasteiger partial charge in [0.25, 0.3) is 0 Å². The van der Waals surface area contributed by atoms with Gasteiger partial charge in [0, 0.05) is 30.0 Å². The van der Waals surface area contributed by atoms with E-state index in [2.05, 4.69) is 10.1 Å². The van der Waals surface area contributed by atoms with E-state index in [4.69, 9.17) is 4.84 Å².